The predicted molar refractivity (Wildman–Crippen MR) is 152 cm³/mol. The second kappa shape index (κ2) is 10.1. The molecule has 0 fully saturated rings. The van der Waals surface area contributed by atoms with Crippen molar-refractivity contribution in [3.8, 4) is 0 Å². The molecule has 0 radical (unpaired) electrons. The first-order valence-electron chi connectivity index (χ1n) is 12.6. The molecule has 180 valence electrons. The zero-order chi connectivity index (χ0) is 25.1. The first kappa shape index (κ1) is 25.6. The second-order valence-corrected chi connectivity index (χ2v) is 11.1. The lowest BCUT2D eigenvalue weighted by Gasteiger charge is -2.31. The molecule has 0 aromatic heterocycles. The zero-order valence-electron chi connectivity index (χ0n) is 22.4. The van der Waals surface area contributed by atoms with Crippen molar-refractivity contribution in [1.29, 1.82) is 0 Å². The van der Waals surface area contributed by atoms with Gasteiger partial charge in [-0.05, 0) is 58.1 Å². The van der Waals surface area contributed by atoms with E-state index in [1.54, 1.807) is 0 Å². The van der Waals surface area contributed by atoms with Gasteiger partial charge in [-0.3, -0.25) is 0 Å². The van der Waals surface area contributed by atoms with Crippen LogP contribution in [0.5, 0.6) is 0 Å². The molecule has 2 N–H and O–H groups in total. The molecule has 3 rings (SSSR count). The number of rotatable bonds is 6. The average Bonchev–Trinajstić information content (AvgIpc) is 2.77. The highest BCUT2D eigenvalue weighted by atomic mass is 14.9. The Hall–Kier alpha value is -3.00. The summed E-state index contributed by atoms with van der Waals surface area (Å²) >= 11 is 0. The van der Waals surface area contributed by atoms with Crippen LogP contribution in [0.4, 0.5) is 11.4 Å². The summed E-state index contributed by atoms with van der Waals surface area (Å²) in [6, 6.07) is 13.2. The number of para-hydroxylation sites is 1. The van der Waals surface area contributed by atoms with Crippen molar-refractivity contribution in [3.63, 3.8) is 0 Å². The fourth-order valence-electron chi connectivity index (χ4n) is 4.60. The third-order valence-corrected chi connectivity index (χ3v) is 6.28. The van der Waals surface area contributed by atoms with E-state index in [-0.39, 0.29) is 10.8 Å². The minimum atomic E-state index is -0.00671. The molecule has 0 atom stereocenters. The molecule has 0 bridgehead atoms. The monoisotopic (exact) mass is 454 g/mol. The van der Waals surface area contributed by atoms with Crippen LogP contribution in [0.1, 0.15) is 90.5 Å². The molecular formula is C32H42N2. The Bertz CT molecular complexity index is 1140. The van der Waals surface area contributed by atoms with E-state index in [2.05, 4.69) is 127 Å². The molecule has 0 spiro atoms. The van der Waals surface area contributed by atoms with E-state index < -0.39 is 0 Å². The Morgan fingerprint density at radius 1 is 0.941 bits per heavy atom. The van der Waals surface area contributed by atoms with Gasteiger partial charge >= 0.3 is 0 Å². The molecule has 1 heterocycles. The third kappa shape index (κ3) is 5.38. The van der Waals surface area contributed by atoms with Gasteiger partial charge in [-0.25, -0.2) is 0 Å². The number of nitrogens with one attached hydrogen (secondary N) is 2. The summed E-state index contributed by atoms with van der Waals surface area (Å²) in [5.41, 5.74) is 11.0. The van der Waals surface area contributed by atoms with Crippen molar-refractivity contribution in [1.82, 2.24) is 0 Å². The molecule has 0 unspecified atom stereocenters. The van der Waals surface area contributed by atoms with Gasteiger partial charge in [-0.1, -0.05) is 104 Å². The quantitative estimate of drug-likeness (QED) is 0.454. The molecule has 34 heavy (non-hydrogen) atoms. The van der Waals surface area contributed by atoms with Gasteiger partial charge in [0.1, 0.15) is 0 Å². The standard InChI is InChI=1S/C32H42N2/c1-10-15-23-24-17-13-14-18-28(24)33-21-25(23)29(16-11-2)34-30-19-22(12-3)26(31(4,5)6)20-27(30)32(7,8)9/h12-21,33-34H,3,10-11H2,1-2,4-9H3/b23-15-,29-16?. The lowest BCUT2D eigenvalue weighted by atomic mass is 9.77. The fraction of sp³-hybridized carbons (Fsp3) is 0.375. The maximum atomic E-state index is 4.13. The summed E-state index contributed by atoms with van der Waals surface area (Å²) in [5, 5.41) is 7.38. The number of hydrogen-bond acceptors (Lipinski definition) is 2. The van der Waals surface area contributed by atoms with E-state index >= 15 is 0 Å². The SMILES string of the molecule is C=Cc1cc(NC(=CCC)C2=CNc3ccccc3/C2=C/CC)c(C(C)(C)C)cc1C(C)(C)C. The Labute approximate surface area is 207 Å². The highest BCUT2D eigenvalue weighted by molar-refractivity contribution is 5.93. The molecular weight excluding hydrogens is 412 g/mol. The smallest absolute Gasteiger partial charge is 0.0459 e. The highest BCUT2D eigenvalue weighted by Crippen LogP contribution is 2.41. The predicted octanol–water partition coefficient (Wildman–Crippen LogP) is 9.43. The van der Waals surface area contributed by atoms with E-state index in [9.17, 15) is 0 Å². The minimum Gasteiger partial charge on any atom is -0.360 e. The molecule has 2 nitrogen and oxygen atoms in total. The van der Waals surface area contributed by atoms with Crippen LogP contribution in [-0.2, 0) is 10.8 Å². The van der Waals surface area contributed by atoms with Gasteiger partial charge in [-0.15, -0.1) is 0 Å². The molecule has 2 heteroatoms. The average molecular weight is 455 g/mol. The van der Waals surface area contributed by atoms with Crippen LogP contribution in [0.2, 0.25) is 0 Å². The highest BCUT2D eigenvalue weighted by Gasteiger charge is 2.26. The molecule has 2 aromatic carbocycles. The number of fused-ring (bicyclic) bond motifs is 1. The molecule has 0 saturated carbocycles. The van der Waals surface area contributed by atoms with Gasteiger partial charge in [0.25, 0.3) is 0 Å². The number of anilines is 2. The number of benzene rings is 2. The summed E-state index contributed by atoms with van der Waals surface area (Å²) in [7, 11) is 0. The van der Waals surface area contributed by atoms with Crippen LogP contribution in [0, 0.1) is 0 Å². The molecule has 0 aliphatic carbocycles. The van der Waals surface area contributed by atoms with Crippen molar-refractivity contribution in [2.24, 2.45) is 0 Å². The van der Waals surface area contributed by atoms with Crippen LogP contribution in [-0.4, -0.2) is 0 Å². The lowest BCUT2D eigenvalue weighted by Crippen LogP contribution is -2.20. The van der Waals surface area contributed by atoms with Gasteiger partial charge < -0.3 is 10.6 Å². The van der Waals surface area contributed by atoms with Crippen molar-refractivity contribution in [2.45, 2.75) is 79.1 Å². The second-order valence-electron chi connectivity index (χ2n) is 11.1. The van der Waals surface area contributed by atoms with Crippen molar-refractivity contribution in [2.75, 3.05) is 10.6 Å². The maximum Gasteiger partial charge on any atom is 0.0459 e. The van der Waals surface area contributed by atoms with Gasteiger partial charge in [0.2, 0.25) is 0 Å². The zero-order valence-corrected chi connectivity index (χ0v) is 22.4. The van der Waals surface area contributed by atoms with Gasteiger partial charge in [-0.2, -0.15) is 0 Å². The summed E-state index contributed by atoms with van der Waals surface area (Å²) in [4.78, 5) is 0. The van der Waals surface area contributed by atoms with Crippen LogP contribution >= 0.6 is 0 Å². The fourth-order valence-corrected chi connectivity index (χ4v) is 4.60. The maximum absolute atomic E-state index is 4.13. The van der Waals surface area contributed by atoms with E-state index in [4.69, 9.17) is 0 Å². The first-order chi connectivity index (χ1) is 16.0. The first-order valence-corrected chi connectivity index (χ1v) is 12.6. The normalized spacial score (nSPS) is 15.5. The number of allylic oxidation sites excluding steroid dienone is 3. The third-order valence-electron chi connectivity index (χ3n) is 6.28. The topological polar surface area (TPSA) is 24.1 Å². The minimum absolute atomic E-state index is 0.00671. The Morgan fingerprint density at radius 2 is 1.62 bits per heavy atom. The van der Waals surface area contributed by atoms with Crippen LogP contribution in [0.3, 0.4) is 0 Å². The van der Waals surface area contributed by atoms with E-state index in [1.165, 1.54) is 33.4 Å². The van der Waals surface area contributed by atoms with E-state index in [0.717, 1.165) is 29.9 Å². The van der Waals surface area contributed by atoms with Crippen molar-refractivity contribution >= 4 is 23.0 Å². The summed E-state index contributed by atoms with van der Waals surface area (Å²) < 4.78 is 0. The summed E-state index contributed by atoms with van der Waals surface area (Å²) in [6.45, 7) is 22.2. The Balaban J connectivity index is 2.16. The molecule has 1 aliphatic heterocycles. The van der Waals surface area contributed by atoms with Gasteiger partial charge in [0.15, 0.2) is 0 Å². The van der Waals surface area contributed by atoms with E-state index in [1.807, 2.05) is 6.08 Å². The van der Waals surface area contributed by atoms with Gasteiger partial charge in [0.05, 0.1) is 0 Å². The molecule has 0 amide bonds. The lowest BCUT2D eigenvalue weighted by molar-refractivity contribution is 0.569. The molecule has 0 saturated heterocycles. The van der Waals surface area contributed by atoms with Crippen molar-refractivity contribution in [3.05, 3.63) is 94.9 Å². The van der Waals surface area contributed by atoms with Crippen LogP contribution in [0.15, 0.2) is 72.6 Å². The van der Waals surface area contributed by atoms with E-state index in [0.29, 0.717) is 0 Å². The largest absolute Gasteiger partial charge is 0.360 e. The van der Waals surface area contributed by atoms with Crippen molar-refractivity contribution < 1.29 is 0 Å². The number of hydrogen-bond donors (Lipinski definition) is 2. The van der Waals surface area contributed by atoms with Gasteiger partial charge in [0, 0.05) is 34.4 Å². The summed E-state index contributed by atoms with van der Waals surface area (Å²) in [5.74, 6) is 0. The summed E-state index contributed by atoms with van der Waals surface area (Å²) in [6.07, 6.45) is 10.7. The molecule has 1 aliphatic rings. The Morgan fingerprint density at radius 3 is 2.21 bits per heavy atom. The van der Waals surface area contributed by atoms with Crippen LogP contribution < -0.4 is 10.6 Å². The Kier molecular flexibility index (Phi) is 7.60. The van der Waals surface area contributed by atoms with Crippen LogP contribution in [0.25, 0.3) is 11.6 Å². The molecule has 2 aromatic rings.